The van der Waals surface area contributed by atoms with Crippen molar-refractivity contribution in [1.29, 1.82) is 0 Å². The molecule has 170 valence electrons. The molecule has 4 aromatic heterocycles. The average molecular weight is 483 g/mol. The number of pyridine rings is 1. The van der Waals surface area contributed by atoms with Gasteiger partial charge in [-0.3, -0.25) is 18.9 Å². The molecule has 1 aliphatic rings. The van der Waals surface area contributed by atoms with E-state index in [0.29, 0.717) is 40.9 Å². The van der Waals surface area contributed by atoms with E-state index in [1.165, 1.54) is 23.1 Å². The van der Waals surface area contributed by atoms with Crippen molar-refractivity contribution in [3.05, 3.63) is 75.1 Å². The molecule has 0 aromatic carbocycles. The SMILES string of the molecule is Cc1cc(CSc2ncccc2C(=O)N2CCN(Cc3cc(=O)n4ccsc4n3)CC2)no1. The summed E-state index contributed by atoms with van der Waals surface area (Å²) in [4.78, 5) is 39.2. The average Bonchev–Trinajstić information content (AvgIpc) is 3.47. The largest absolute Gasteiger partial charge is 0.361 e. The fraction of sp³-hybridized carbons (Fsp3) is 0.318. The van der Waals surface area contributed by atoms with Gasteiger partial charge in [0.15, 0.2) is 4.96 Å². The Morgan fingerprint density at radius 3 is 2.85 bits per heavy atom. The molecule has 0 atom stereocenters. The maximum Gasteiger partial charge on any atom is 0.258 e. The van der Waals surface area contributed by atoms with E-state index in [9.17, 15) is 9.59 Å². The standard InChI is InChI=1S/C22H22N6O3S2/c1-15-11-17(25-31-15)14-33-20-18(3-2-4-23-20)21(30)27-7-5-26(6-8-27)13-16-12-19(29)28-9-10-32-22(28)24-16/h2-4,9-12H,5-8,13-14H2,1H3. The highest BCUT2D eigenvalue weighted by atomic mass is 32.2. The Balaban J connectivity index is 1.21. The molecule has 0 radical (unpaired) electrons. The molecule has 5 rings (SSSR count). The lowest BCUT2D eigenvalue weighted by Crippen LogP contribution is -2.48. The molecule has 0 saturated carbocycles. The van der Waals surface area contributed by atoms with Crippen LogP contribution in [0.2, 0.25) is 0 Å². The van der Waals surface area contributed by atoms with Crippen molar-refractivity contribution in [3.8, 4) is 0 Å². The van der Waals surface area contributed by atoms with Crippen molar-refractivity contribution in [3.63, 3.8) is 0 Å². The van der Waals surface area contributed by atoms with Crippen LogP contribution < -0.4 is 5.56 Å². The predicted octanol–water partition coefficient (Wildman–Crippen LogP) is 2.70. The number of nitrogens with zero attached hydrogens (tertiary/aromatic N) is 6. The number of piperazine rings is 1. The molecule has 0 aliphatic carbocycles. The monoisotopic (exact) mass is 482 g/mol. The van der Waals surface area contributed by atoms with Crippen LogP contribution in [0.1, 0.15) is 27.5 Å². The number of thiazole rings is 1. The number of aromatic nitrogens is 4. The number of fused-ring (bicyclic) bond motifs is 1. The molecule has 0 N–H and O–H groups in total. The van der Waals surface area contributed by atoms with Crippen molar-refractivity contribution in [2.24, 2.45) is 0 Å². The van der Waals surface area contributed by atoms with Crippen LogP contribution in [0, 0.1) is 6.92 Å². The minimum absolute atomic E-state index is 0.0158. The highest BCUT2D eigenvalue weighted by Gasteiger charge is 2.25. The number of hydrogen-bond acceptors (Lipinski definition) is 9. The van der Waals surface area contributed by atoms with Crippen molar-refractivity contribution < 1.29 is 9.32 Å². The smallest absolute Gasteiger partial charge is 0.258 e. The van der Waals surface area contributed by atoms with Crippen LogP contribution in [-0.2, 0) is 12.3 Å². The quantitative estimate of drug-likeness (QED) is 0.387. The predicted molar refractivity (Wildman–Crippen MR) is 126 cm³/mol. The van der Waals surface area contributed by atoms with E-state index in [1.807, 2.05) is 29.3 Å². The minimum Gasteiger partial charge on any atom is -0.361 e. The van der Waals surface area contributed by atoms with Crippen LogP contribution in [0.3, 0.4) is 0 Å². The van der Waals surface area contributed by atoms with Crippen molar-refractivity contribution >= 4 is 34.0 Å². The number of aryl methyl sites for hydroxylation is 1. The lowest BCUT2D eigenvalue weighted by Gasteiger charge is -2.34. The highest BCUT2D eigenvalue weighted by molar-refractivity contribution is 7.98. The lowest BCUT2D eigenvalue weighted by atomic mass is 10.2. The minimum atomic E-state index is -0.0625. The second-order valence-electron chi connectivity index (χ2n) is 7.78. The summed E-state index contributed by atoms with van der Waals surface area (Å²) in [5, 5.41) is 6.56. The second-order valence-corrected chi connectivity index (χ2v) is 9.62. The van der Waals surface area contributed by atoms with Crippen LogP contribution in [-0.4, -0.2) is 61.4 Å². The highest BCUT2D eigenvalue weighted by Crippen LogP contribution is 2.25. The normalized spacial score (nSPS) is 14.8. The van der Waals surface area contributed by atoms with Crippen LogP contribution in [0.4, 0.5) is 0 Å². The molecule has 5 heterocycles. The molecular weight excluding hydrogens is 460 g/mol. The van der Waals surface area contributed by atoms with Gasteiger partial charge in [-0.2, -0.15) is 0 Å². The Morgan fingerprint density at radius 2 is 2.06 bits per heavy atom. The van der Waals surface area contributed by atoms with Gasteiger partial charge in [0.05, 0.1) is 17.0 Å². The zero-order valence-electron chi connectivity index (χ0n) is 18.0. The molecule has 4 aromatic rings. The van der Waals surface area contributed by atoms with Gasteiger partial charge in [0, 0.05) is 68.4 Å². The van der Waals surface area contributed by atoms with Crippen LogP contribution in [0.15, 0.2) is 56.4 Å². The fourth-order valence-corrected chi connectivity index (χ4v) is 5.38. The van der Waals surface area contributed by atoms with E-state index in [-0.39, 0.29) is 11.5 Å². The summed E-state index contributed by atoms with van der Waals surface area (Å²) in [5.74, 6) is 1.33. The fourth-order valence-electron chi connectivity index (χ4n) is 3.77. The lowest BCUT2D eigenvalue weighted by molar-refractivity contribution is 0.0623. The summed E-state index contributed by atoms with van der Waals surface area (Å²) < 4.78 is 6.67. The molecular formula is C22H22N6O3S2. The second kappa shape index (κ2) is 9.46. The van der Waals surface area contributed by atoms with Gasteiger partial charge in [-0.05, 0) is 19.1 Å². The van der Waals surface area contributed by atoms with E-state index >= 15 is 0 Å². The summed E-state index contributed by atoms with van der Waals surface area (Å²) >= 11 is 2.93. The third-order valence-electron chi connectivity index (χ3n) is 5.44. The van der Waals surface area contributed by atoms with E-state index in [1.54, 1.807) is 28.9 Å². The molecule has 1 saturated heterocycles. The topological polar surface area (TPSA) is 96.8 Å². The van der Waals surface area contributed by atoms with Gasteiger partial charge in [-0.1, -0.05) is 16.9 Å². The number of hydrogen-bond donors (Lipinski definition) is 0. The van der Waals surface area contributed by atoms with Gasteiger partial charge in [0.25, 0.3) is 11.5 Å². The van der Waals surface area contributed by atoms with Gasteiger partial charge < -0.3 is 9.42 Å². The van der Waals surface area contributed by atoms with Crippen LogP contribution >= 0.6 is 23.1 Å². The number of thioether (sulfide) groups is 1. The van der Waals surface area contributed by atoms with Crippen molar-refractivity contribution in [2.75, 3.05) is 26.2 Å². The molecule has 33 heavy (non-hydrogen) atoms. The molecule has 1 fully saturated rings. The van der Waals surface area contributed by atoms with Crippen LogP contribution in [0.25, 0.3) is 4.96 Å². The first-order chi connectivity index (χ1) is 16.1. The maximum atomic E-state index is 13.2. The van der Waals surface area contributed by atoms with Gasteiger partial charge in [-0.15, -0.1) is 11.3 Å². The number of rotatable bonds is 6. The molecule has 1 amide bonds. The first-order valence-corrected chi connectivity index (χ1v) is 12.4. The summed E-state index contributed by atoms with van der Waals surface area (Å²) in [5.41, 5.74) is 2.13. The number of carbonyl (C=O) groups is 1. The number of carbonyl (C=O) groups excluding carboxylic acids is 1. The molecule has 11 heteroatoms. The summed E-state index contributed by atoms with van der Waals surface area (Å²) in [6.07, 6.45) is 3.44. The van der Waals surface area contributed by atoms with Crippen molar-refractivity contribution in [2.45, 2.75) is 24.2 Å². The van der Waals surface area contributed by atoms with Gasteiger partial charge in [0.2, 0.25) is 0 Å². The van der Waals surface area contributed by atoms with Gasteiger partial charge in [-0.25, -0.2) is 9.97 Å². The number of amides is 1. The van der Waals surface area contributed by atoms with Gasteiger partial charge in [0.1, 0.15) is 10.8 Å². The molecule has 0 bridgehead atoms. The first-order valence-electron chi connectivity index (χ1n) is 10.5. The summed E-state index contributed by atoms with van der Waals surface area (Å²) in [6.45, 7) is 5.11. The third kappa shape index (κ3) is 4.85. The van der Waals surface area contributed by atoms with E-state index in [2.05, 4.69) is 20.0 Å². The Bertz CT molecular complexity index is 1340. The van der Waals surface area contributed by atoms with Crippen molar-refractivity contribution in [1.82, 2.24) is 29.3 Å². The first kappa shape index (κ1) is 21.8. The maximum absolute atomic E-state index is 13.2. The Morgan fingerprint density at radius 1 is 1.21 bits per heavy atom. The zero-order valence-corrected chi connectivity index (χ0v) is 19.6. The van der Waals surface area contributed by atoms with Crippen LogP contribution in [0.5, 0.6) is 0 Å². The Labute approximate surface area is 198 Å². The zero-order chi connectivity index (χ0) is 22.8. The third-order valence-corrected chi connectivity index (χ3v) is 7.23. The van der Waals surface area contributed by atoms with E-state index in [4.69, 9.17) is 4.52 Å². The van der Waals surface area contributed by atoms with Gasteiger partial charge >= 0.3 is 0 Å². The molecule has 0 spiro atoms. The van der Waals surface area contributed by atoms with E-state index in [0.717, 1.165) is 30.2 Å². The molecule has 9 nitrogen and oxygen atoms in total. The summed E-state index contributed by atoms with van der Waals surface area (Å²) in [6, 6.07) is 7.09. The van der Waals surface area contributed by atoms with E-state index < -0.39 is 0 Å². The molecule has 0 unspecified atom stereocenters. The summed E-state index contributed by atoms with van der Waals surface area (Å²) in [7, 11) is 0. The Kier molecular flexibility index (Phi) is 6.25. The molecule has 1 aliphatic heterocycles. The Hall–Kier alpha value is -3.02.